The summed E-state index contributed by atoms with van der Waals surface area (Å²) < 4.78 is 27.9. The van der Waals surface area contributed by atoms with E-state index in [2.05, 4.69) is 0 Å². The van der Waals surface area contributed by atoms with Crippen LogP contribution in [-0.4, -0.2) is 18.6 Å². The van der Waals surface area contributed by atoms with Gasteiger partial charge in [-0.25, -0.2) is 8.42 Å². The Hall–Kier alpha value is -2.67. The standard InChI is InChI=1S/C21H19ClN2O3S/c22-19-7-4-8-20(13-19)28(26,27)24(14-16-5-2-1-3-6-16)15-17-9-11-18(12-10-17)21(23)25/h1-13H,14-15H2,(H2,23,25). The van der Waals surface area contributed by atoms with Gasteiger partial charge < -0.3 is 5.73 Å². The Morgan fingerprint density at radius 3 is 2.04 bits per heavy atom. The number of halogens is 1. The molecule has 0 fully saturated rings. The van der Waals surface area contributed by atoms with Crippen molar-refractivity contribution >= 4 is 27.5 Å². The molecule has 5 nitrogen and oxygen atoms in total. The van der Waals surface area contributed by atoms with Crippen molar-refractivity contribution in [2.24, 2.45) is 5.73 Å². The molecule has 3 aromatic carbocycles. The largest absolute Gasteiger partial charge is 0.366 e. The molecule has 0 atom stereocenters. The normalized spacial score (nSPS) is 11.5. The van der Waals surface area contributed by atoms with Crippen LogP contribution in [0.2, 0.25) is 5.02 Å². The molecule has 1 amide bonds. The van der Waals surface area contributed by atoms with Gasteiger partial charge >= 0.3 is 0 Å². The molecule has 28 heavy (non-hydrogen) atoms. The molecule has 7 heteroatoms. The van der Waals surface area contributed by atoms with Crippen LogP contribution in [-0.2, 0) is 23.1 Å². The molecule has 0 aliphatic heterocycles. The van der Waals surface area contributed by atoms with Gasteiger partial charge in [-0.2, -0.15) is 4.31 Å². The number of benzene rings is 3. The van der Waals surface area contributed by atoms with Gasteiger partial charge in [0.25, 0.3) is 0 Å². The Morgan fingerprint density at radius 1 is 0.857 bits per heavy atom. The summed E-state index contributed by atoms with van der Waals surface area (Å²) in [5, 5.41) is 0.353. The van der Waals surface area contributed by atoms with Crippen LogP contribution in [0.25, 0.3) is 0 Å². The Kier molecular flexibility index (Phi) is 6.14. The summed E-state index contributed by atoms with van der Waals surface area (Å²) in [6.45, 7) is 0.343. The van der Waals surface area contributed by atoms with E-state index in [4.69, 9.17) is 17.3 Å². The number of rotatable bonds is 7. The highest BCUT2D eigenvalue weighted by Crippen LogP contribution is 2.23. The number of nitrogens with zero attached hydrogens (tertiary/aromatic N) is 1. The fraction of sp³-hybridized carbons (Fsp3) is 0.0952. The third-order valence-electron chi connectivity index (χ3n) is 4.23. The van der Waals surface area contributed by atoms with Crippen LogP contribution in [0.5, 0.6) is 0 Å². The minimum atomic E-state index is -3.79. The topological polar surface area (TPSA) is 80.5 Å². The van der Waals surface area contributed by atoms with Gasteiger partial charge in [-0.05, 0) is 41.5 Å². The van der Waals surface area contributed by atoms with Gasteiger partial charge in [0.1, 0.15) is 0 Å². The van der Waals surface area contributed by atoms with E-state index in [1.165, 1.54) is 16.4 Å². The highest BCUT2D eigenvalue weighted by molar-refractivity contribution is 7.89. The minimum absolute atomic E-state index is 0.129. The van der Waals surface area contributed by atoms with Crippen molar-refractivity contribution in [2.45, 2.75) is 18.0 Å². The second-order valence-electron chi connectivity index (χ2n) is 6.28. The SMILES string of the molecule is NC(=O)c1ccc(CN(Cc2ccccc2)S(=O)(=O)c2cccc(Cl)c2)cc1. The Balaban J connectivity index is 1.96. The summed E-state index contributed by atoms with van der Waals surface area (Å²) >= 11 is 6.00. The lowest BCUT2D eigenvalue weighted by Gasteiger charge is -2.23. The van der Waals surface area contributed by atoms with Crippen LogP contribution < -0.4 is 5.73 Å². The van der Waals surface area contributed by atoms with Gasteiger partial charge in [-0.15, -0.1) is 0 Å². The first kappa shape index (κ1) is 20.1. The first-order chi connectivity index (χ1) is 13.4. The zero-order valence-corrected chi connectivity index (χ0v) is 16.5. The number of hydrogen-bond donors (Lipinski definition) is 1. The van der Waals surface area contributed by atoms with E-state index in [1.807, 2.05) is 30.3 Å². The molecular formula is C21H19ClN2O3S. The predicted molar refractivity (Wildman–Crippen MR) is 109 cm³/mol. The lowest BCUT2D eigenvalue weighted by molar-refractivity contribution is 0.1000. The highest BCUT2D eigenvalue weighted by Gasteiger charge is 2.25. The summed E-state index contributed by atoms with van der Waals surface area (Å²) in [6.07, 6.45) is 0. The highest BCUT2D eigenvalue weighted by atomic mass is 35.5. The predicted octanol–water partition coefficient (Wildman–Crippen LogP) is 3.83. The van der Waals surface area contributed by atoms with E-state index < -0.39 is 15.9 Å². The maximum atomic E-state index is 13.3. The van der Waals surface area contributed by atoms with Crippen LogP contribution in [0, 0.1) is 0 Å². The van der Waals surface area contributed by atoms with Crippen LogP contribution in [0.4, 0.5) is 0 Å². The van der Waals surface area contributed by atoms with E-state index in [0.717, 1.165) is 11.1 Å². The third-order valence-corrected chi connectivity index (χ3v) is 6.26. The lowest BCUT2D eigenvalue weighted by Crippen LogP contribution is -2.30. The van der Waals surface area contributed by atoms with Gasteiger partial charge in [0.05, 0.1) is 4.90 Å². The molecule has 0 radical (unpaired) electrons. The molecule has 0 unspecified atom stereocenters. The monoisotopic (exact) mass is 414 g/mol. The second kappa shape index (κ2) is 8.56. The maximum absolute atomic E-state index is 13.3. The molecule has 0 aromatic heterocycles. The summed E-state index contributed by atoms with van der Waals surface area (Å²) in [7, 11) is -3.79. The third kappa shape index (κ3) is 4.78. The molecule has 0 heterocycles. The van der Waals surface area contributed by atoms with Crippen molar-refractivity contribution < 1.29 is 13.2 Å². The Bertz CT molecular complexity index is 1070. The summed E-state index contributed by atoms with van der Waals surface area (Å²) in [5.41, 5.74) is 7.25. The second-order valence-corrected chi connectivity index (χ2v) is 8.65. The van der Waals surface area contributed by atoms with Gasteiger partial charge in [0, 0.05) is 23.7 Å². The number of carbonyl (C=O) groups is 1. The van der Waals surface area contributed by atoms with E-state index >= 15 is 0 Å². The summed E-state index contributed by atoms with van der Waals surface area (Å²) in [5.74, 6) is -0.528. The maximum Gasteiger partial charge on any atom is 0.248 e. The minimum Gasteiger partial charge on any atom is -0.366 e. The van der Waals surface area contributed by atoms with E-state index in [9.17, 15) is 13.2 Å². The number of sulfonamides is 1. The number of amides is 1. The Labute approximate surface area is 169 Å². The summed E-state index contributed by atoms with van der Waals surface area (Å²) in [4.78, 5) is 11.4. The quantitative estimate of drug-likeness (QED) is 0.638. The number of hydrogen-bond acceptors (Lipinski definition) is 3. The van der Waals surface area contributed by atoms with Crippen molar-refractivity contribution in [2.75, 3.05) is 0 Å². The van der Waals surface area contributed by atoms with Crippen LogP contribution in [0.3, 0.4) is 0 Å². The van der Waals surface area contributed by atoms with E-state index in [1.54, 1.807) is 36.4 Å². The molecule has 0 aliphatic carbocycles. The number of primary amides is 1. The van der Waals surface area contributed by atoms with Crippen LogP contribution in [0.1, 0.15) is 21.5 Å². The van der Waals surface area contributed by atoms with Crippen LogP contribution >= 0.6 is 11.6 Å². The fourth-order valence-corrected chi connectivity index (χ4v) is 4.49. The number of nitrogens with two attached hydrogens (primary N) is 1. The molecular weight excluding hydrogens is 396 g/mol. The molecule has 0 aliphatic rings. The number of carbonyl (C=O) groups excluding carboxylic acids is 1. The molecule has 3 rings (SSSR count). The van der Waals surface area contributed by atoms with Gasteiger partial charge in [0.15, 0.2) is 0 Å². The van der Waals surface area contributed by atoms with Crippen molar-refractivity contribution in [1.29, 1.82) is 0 Å². The molecule has 0 spiro atoms. The molecule has 2 N–H and O–H groups in total. The first-order valence-electron chi connectivity index (χ1n) is 8.54. The summed E-state index contributed by atoms with van der Waals surface area (Å²) in [6, 6.07) is 22.1. The van der Waals surface area contributed by atoms with Gasteiger partial charge in [-0.3, -0.25) is 4.79 Å². The van der Waals surface area contributed by atoms with Crippen molar-refractivity contribution in [3.05, 3.63) is 101 Å². The lowest BCUT2D eigenvalue weighted by atomic mass is 10.1. The fourth-order valence-electron chi connectivity index (χ4n) is 2.77. The Morgan fingerprint density at radius 2 is 1.46 bits per heavy atom. The van der Waals surface area contributed by atoms with E-state index in [0.29, 0.717) is 10.6 Å². The average Bonchev–Trinajstić information content (AvgIpc) is 2.68. The molecule has 144 valence electrons. The van der Waals surface area contributed by atoms with Crippen molar-refractivity contribution in [3.63, 3.8) is 0 Å². The van der Waals surface area contributed by atoms with E-state index in [-0.39, 0.29) is 18.0 Å². The van der Waals surface area contributed by atoms with Crippen molar-refractivity contribution in [1.82, 2.24) is 4.31 Å². The zero-order valence-electron chi connectivity index (χ0n) is 15.0. The molecule has 0 bridgehead atoms. The average molecular weight is 415 g/mol. The smallest absolute Gasteiger partial charge is 0.248 e. The van der Waals surface area contributed by atoms with Gasteiger partial charge in [0.2, 0.25) is 15.9 Å². The van der Waals surface area contributed by atoms with Crippen molar-refractivity contribution in [3.8, 4) is 0 Å². The van der Waals surface area contributed by atoms with Crippen LogP contribution in [0.15, 0.2) is 83.8 Å². The molecule has 3 aromatic rings. The van der Waals surface area contributed by atoms with Gasteiger partial charge in [-0.1, -0.05) is 60.1 Å². The first-order valence-corrected chi connectivity index (χ1v) is 10.4. The molecule has 0 saturated heterocycles. The zero-order chi connectivity index (χ0) is 20.1. The molecule has 0 saturated carbocycles.